The molecule has 3 heteroatoms. The van der Waals surface area contributed by atoms with Crippen LogP contribution in [0.3, 0.4) is 0 Å². The van der Waals surface area contributed by atoms with Crippen molar-refractivity contribution >= 4 is 11.6 Å². The maximum atomic E-state index is 14.3. The number of alkyl halides is 1. The van der Waals surface area contributed by atoms with Gasteiger partial charge in [0.15, 0.2) is 0 Å². The van der Waals surface area contributed by atoms with Crippen molar-refractivity contribution in [3.8, 4) is 16.9 Å². The van der Waals surface area contributed by atoms with E-state index in [0.717, 1.165) is 16.7 Å². The summed E-state index contributed by atoms with van der Waals surface area (Å²) in [6.07, 6.45) is 0. The quantitative estimate of drug-likeness (QED) is 0.621. The predicted octanol–water partition coefficient (Wildman–Crippen LogP) is 6.10. The Morgan fingerprint density at radius 2 is 1.73 bits per heavy atom. The summed E-state index contributed by atoms with van der Waals surface area (Å²) in [5.41, 5.74) is 3.43. The highest BCUT2D eigenvalue weighted by molar-refractivity contribution is 6.20. The first kappa shape index (κ1) is 16.8. The van der Waals surface area contributed by atoms with E-state index in [9.17, 15) is 4.39 Å². The van der Waals surface area contributed by atoms with Crippen molar-refractivity contribution in [1.82, 2.24) is 0 Å². The molecule has 22 heavy (non-hydrogen) atoms. The molecule has 0 aliphatic carbocycles. The summed E-state index contributed by atoms with van der Waals surface area (Å²) in [5, 5.41) is -0.0784. The third kappa shape index (κ3) is 3.44. The van der Waals surface area contributed by atoms with E-state index in [1.807, 2.05) is 19.1 Å². The first-order chi connectivity index (χ1) is 10.2. The van der Waals surface area contributed by atoms with Crippen LogP contribution in [0, 0.1) is 5.82 Å². The summed E-state index contributed by atoms with van der Waals surface area (Å²) >= 11 is 6.21. The Kier molecular flexibility index (Phi) is 4.81. The molecule has 0 aliphatic rings. The van der Waals surface area contributed by atoms with E-state index in [1.165, 1.54) is 6.07 Å². The molecule has 118 valence electrons. The molecule has 0 aromatic heterocycles. The van der Waals surface area contributed by atoms with Crippen LogP contribution < -0.4 is 4.74 Å². The Bertz CT molecular complexity index is 672. The van der Waals surface area contributed by atoms with Gasteiger partial charge in [0.2, 0.25) is 0 Å². The summed E-state index contributed by atoms with van der Waals surface area (Å²) < 4.78 is 19.6. The normalized spacial score (nSPS) is 13.0. The Morgan fingerprint density at radius 3 is 2.27 bits per heavy atom. The summed E-state index contributed by atoms with van der Waals surface area (Å²) in [7, 11) is 1.58. The topological polar surface area (TPSA) is 9.23 Å². The van der Waals surface area contributed by atoms with E-state index in [-0.39, 0.29) is 16.6 Å². The van der Waals surface area contributed by atoms with E-state index in [4.69, 9.17) is 16.3 Å². The van der Waals surface area contributed by atoms with Crippen molar-refractivity contribution in [1.29, 1.82) is 0 Å². The second kappa shape index (κ2) is 6.29. The van der Waals surface area contributed by atoms with Crippen LogP contribution in [0.2, 0.25) is 0 Å². The van der Waals surface area contributed by atoms with E-state index >= 15 is 0 Å². The van der Waals surface area contributed by atoms with Gasteiger partial charge in [-0.05, 0) is 47.2 Å². The molecule has 2 aromatic rings. The number of ether oxygens (including phenoxy) is 1. The number of hydrogen-bond donors (Lipinski definition) is 0. The van der Waals surface area contributed by atoms with Crippen molar-refractivity contribution in [2.45, 2.75) is 38.5 Å². The fraction of sp³-hybridized carbons (Fsp3) is 0.368. The standard InChI is InChI=1S/C19H22ClFO/c1-12(20)13-6-8-15(17(10-13)19(2,3)4)16-11-14(22-5)7-9-18(16)21/h6-12H,1-5H3/t12-/m1/s1. The molecule has 0 radical (unpaired) electrons. The molecule has 0 saturated heterocycles. The average Bonchev–Trinajstić information content (AvgIpc) is 2.46. The third-order valence-electron chi connectivity index (χ3n) is 3.77. The minimum atomic E-state index is -0.252. The lowest BCUT2D eigenvalue weighted by molar-refractivity contribution is 0.414. The smallest absolute Gasteiger partial charge is 0.131 e. The van der Waals surface area contributed by atoms with Gasteiger partial charge >= 0.3 is 0 Å². The Labute approximate surface area is 137 Å². The minimum absolute atomic E-state index is 0.0784. The SMILES string of the molecule is COc1ccc(F)c(-c2ccc([C@@H](C)Cl)cc2C(C)(C)C)c1. The summed E-state index contributed by atoms with van der Waals surface area (Å²) in [5.74, 6) is 0.393. The van der Waals surface area contributed by atoms with Crippen LogP contribution in [-0.4, -0.2) is 7.11 Å². The summed E-state index contributed by atoms with van der Waals surface area (Å²) in [4.78, 5) is 0. The molecule has 0 fully saturated rings. The molecule has 0 unspecified atom stereocenters. The molecule has 2 aromatic carbocycles. The van der Waals surface area contributed by atoms with Gasteiger partial charge in [-0.25, -0.2) is 4.39 Å². The zero-order valence-electron chi connectivity index (χ0n) is 13.7. The zero-order valence-corrected chi connectivity index (χ0v) is 14.5. The van der Waals surface area contributed by atoms with Crippen LogP contribution in [0.5, 0.6) is 5.75 Å². The minimum Gasteiger partial charge on any atom is -0.497 e. The summed E-state index contributed by atoms with van der Waals surface area (Å²) in [6, 6.07) is 10.8. The van der Waals surface area contributed by atoms with Gasteiger partial charge in [0.25, 0.3) is 0 Å². The molecule has 0 N–H and O–H groups in total. The Balaban J connectivity index is 2.70. The van der Waals surface area contributed by atoms with E-state index in [0.29, 0.717) is 11.3 Å². The lowest BCUT2D eigenvalue weighted by Crippen LogP contribution is -2.14. The van der Waals surface area contributed by atoms with E-state index < -0.39 is 0 Å². The van der Waals surface area contributed by atoms with Crippen molar-refractivity contribution in [3.63, 3.8) is 0 Å². The molecule has 0 heterocycles. The van der Waals surface area contributed by atoms with Crippen LogP contribution in [0.25, 0.3) is 11.1 Å². The molecule has 0 aliphatic heterocycles. The molecule has 0 saturated carbocycles. The number of benzene rings is 2. The molecule has 0 amide bonds. The third-order valence-corrected chi connectivity index (χ3v) is 4.03. The van der Waals surface area contributed by atoms with Gasteiger partial charge in [0.1, 0.15) is 11.6 Å². The van der Waals surface area contributed by atoms with Crippen LogP contribution in [0.15, 0.2) is 36.4 Å². The fourth-order valence-electron chi connectivity index (χ4n) is 2.50. The fourth-order valence-corrected chi connectivity index (χ4v) is 2.64. The summed E-state index contributed by atoms with van der Waals surface area (Å²) in [6.45, 7) is 8.29. The average molecular weight is 321 g/mol. The molecule has 1 atom stereocenters. The highest BCUT2D eigenvalue weighted by atomic mass is 35.5. The second-order valence-electron chi connectivity index (χ2n) is 6.52. The molecule has 1 nitrogen and oxygen atoms in total. The van der Waals surface area contributed by atoms with Gasteiger partial charge < -0.3 is 4.74 Å². The maximum Gasteiger partial charge on any atom is 0.131 e. The van der Waals surface area contributed by atoms with E-state index in [2.05, 4.69) is 26.8 Å². The highest BCUT2D eigenvalue weighted by Gasteiger charge is 2.22. The van der Waals surface area contributed by atoms with Gasteiger partial charge in [-0.1, -0.05) is 39.0 Å². The van der Waals surface area contributed by atoms with Crippen molar-refractivity contribution < 1.29 is 9.13 Å². The van der Waals surface area contributed by atoms with Crippen molar-refractivity contribution in [2.24, 2.45) is 0 Å². The van der Waals surface area contributed by atoms with E-state index in [1.54, 1.807) is 19.2 Å². The van der Waals surface area contributed by atoms with Gasteiger partial charge in [-0.3, -0.25) is 0 Å². The first-order valence-corrected chi connectivity index (χ1v) is 7.80. The van der Waals surface area contributed by atoms with Crippen LogP contribution >= 0.6 is 11.6 Å². The van der Waals surface area contributed by atoms with Gasteiger partial charge in [0, 0.05) is 5.56 Å². The van der Waals surface area contributed by atoms with Crippen LogP contribution in [0.1, 0.15) is 44.2 Å². The lowest BCUT2D eigenvalue weighted by Gasteiger charge is -2.25. The monoisotopic (exact) mass is 320 g/mol. The molecule has 0 bridgehead atoms. The Morgan fingerprint density at radius 1 is 1.05 bits per heavy atom. The molecule has 2 rings (SSSR count). The van der Waals surface area contributed by atoms with Crippen molar-refractivity contribution in [3.05, 3.63) is 53.3 Å². The number of rotatable bonds is 3. The first-order valence-electron chi connectivity index (χ1n) is 7.36. The van der Waals surface area contributed by atoms with Crippen molar-refractivity contribution in [2.75, 3.05) is 7.11 Å². The maximum absolute atomic E-state index is 14.3. The largest absolute Gasteiger partial charge is 0.497 e. The predicted molar refractivity (Wildman–Crippen MR) is 91.4 cm³/mol. The van der Waals surface area contributed by atoms with Gasteiger partial charge in [-0.15, -0.1) is 11.6 Å². The molecule has 0 spiro atoms. The van der Waals surface area contributed by atoms with Gasteiger partial charge in [0.05, 0.1) is 12.5 Å². The Hall–Kier alpha value is -1.54. The second-order valence-corrected chi connectivity index (χ2v) is 7.17. The lowest BCUT2D eigenvalue weighted by atomic mass is 9.80. The van der Waals surface area contributed by atoms with Gasteiger partial charge in [-0.2, -0.15) is 0 Å². The molecular weight excluding hydrogens is 299 g/mol. The number of hydrogen-bond acceptors (Lipinski definition) is 1. The highest BCUT2D eigenvalue weighted by Crippen LogP contribution is 2.38. The zero-order chi connectivity index (χ0) is 16.5. The number of halogens is 2. The van der Waals surface area contributed by atoms with Crippen LogP contribution in [0.4, 0.5) is 4.39 Å². The number of methoxy groups -OCH3 is 1. The molecular formula is C19H22ClFO. The van der Waals surface area contributed by atoms with Crippen LogP contribution in [-0.2, 0) is 5.41 Å².